The molecule has 0 amide bonds. The molecule has 7 nitrogen and oxygen atoms in total. The first-order chi connectivity index (χ1) is 16.3. The highest BCUT2D eigenvalue weighted by molar-refractivity contribution is 5.74. The lowest BCUT2D eigenvalue weighted by Gasteiger charge is -2.22. The second kappa shape index (κ2) is 7.34. The van der Waals surface area contributed by atoms with Crippen LogP contribution in [-0.4, -0.2) is 24.5 Å². The molecule has 2 bridgehead atoms. The molecule has 0 saturated heterocycles. The van der Waals surface area contributed by atoms with E-state index in [0.717, 1.165) is 15.8 Å². The molecule has 2 atom stereocenters. The highest BCUT2D eigenvalue weighted by atomic mass is 19.3. The fourth-order valence-corrected chi connectivity index (χ4v) is 5.20. The number of aromatic nitrogens is 5. The van der Waals surface area contributed by atoms with E-state index < -0.39 is 18.5 Å². The highest BCUT2D eigenvalue weighted by Crippen LogP contribution is 2.48. The van der Waals surface area contributed by atoms with Gasteiger partial charge >= 0.3 is 6.55 Å². The molecule has 0 saturated carbocycles. The van der Waals surface area contributed by atoms with Gasteiger partial charge in [0.2, 0.25) is 0 Å². The monoisotopic (exact) mass is 466 g/mol. The van der Waals surface area contributed by atoms with Crippen molar-refractivity contribution in [1.82, 2.24) is 24.5 Å². The van der Waals surface area contributed by atoms with Gasteiger partial charge in [0.05, 0.1) is 17.1 Å². The Morgan fingerprint density at radius 2 is 2.00 bits per heavy atom. The largest absolute Gasteiger partial charge is 0.482 e. The molecule has 1 aliphatic carbocycles. The van der Waals surface area contributed by atoms with Gasteiger partial charge in [0.1, 0.15) is 11.9 Å². The van der Waals surface area contributed by atoms with Crippen molar-refractivity contribution in [1.29, 1.82) is 0 Å². The lowest BCUT2D eigenvalue weighted by molar-refractivity contribution is 0.0579. The number of hydrogen-bond acceptors (Lipinski definition) is 5. The van der Waals surface area contributed by atoms with Crippen LogP contribution in [0.3, 0.4) is 0 Å². The molecule has 10 heteroatoms. The maximum absolute atomic E-state index is 14.3. The van der Waals surface area contributed by atoms with E-state index in [-0.39, 0.29) is 17.5 Å². The third-order valence-corrected chi connectivity index (χ3v) is 6.62. The van der Waals surface area contributed by atoms with Crippen molar-refractivity contribution in [2.24, 2.45) is 7.05 Å². The van der Waals surface area contributed by atoms with Crippen LogP contribution in [0.1, 0.15) is 54.3 Å². The van der Waals surface area contributed by atoms with E-state index in [2.05, 4.69) is 10.1 Å². The fraction of sp³-hybridized carbons (Fsp3) is 0.292. The number of aryl methyl sites for hydroxylation is 2. The van der Waals surface area contributed by atoms with Crippen LogP contribution in [0.25, 0.3) is 22.5 Å². The van der Waals surface area contributed by atoms with Crippen LogP contribution >= 0.6 is 0 Å². The van der Waals surface area contributed by atoms with Crippen LogP contribution < -0.4 is 10.5 Å². The molecule has 0 radical (unpaired) electrons. The van der Waals surface area contributed by atoms with Crippen LogP contribution in [0.5, 0.6) is 5.75 Å². The van der Waals surface area contributed by atoms with E-state index in [4.69, 9.17) is 15.6 Å². The molecule has 6 rings (SSSR count). The normalized spacial score (nSPS) is 18.5. The van der Waals surface area contributed by atoms with Crippen LogP contribution in [0.2, 0.25) is 0 Å². The van der Waals surface area contributed by atoms with Gasteiger partial charge in [-0.05, 0) is 44.0 Å². The Morgan fingerprint density at radius 1 is 1.18 bits per heavy atom. The first-order valence-corrected chi connectivity index (χ1v) is 11.0. The molecule has 34 heavy (non-hydrogen) atoms. The Kier molecular flexibility index (Phi) is 4.48. The minimum atomic E-state index is -2.83. The first kappa shape index (κ1) is 20.8. The highest BCUT2D eigenvalue weighted by Gasteiger charge is 2.37. The number of pyridine rings is 1. The van der Waals surface area contributed by atoms with Gasteiger partial charge in [0.25, 0.3) is 0 Å². The van der Waals surface area contributed by atoms with E-state index in [1.165, 1.54) is 18.3 Å². The van der Waals surface area contributed by atoms with Crippen molar-refractivity contribution < 1.29 is 17.9 Å². The quantitative estimate of drug-likeness (QED) is 0.427. The zero-order valence-electron chi connectivity index (χ0n) is 18.5. The van der Waals surface area contributed by atoms with E-state index in [1.807, 2.05) is 6.20 Å². The summed E-state index contributed by atoms with van der Waals surface area (Å²) in [6.07, 6.45) is 4.00. The van der Waals surface area contributed by atoms with Crippen molar-refractivity contribution >= 4 is 5.82 Å². The summed E-state index contributed by atoms with van der Waals surface area (Å²) in [4.78, 5) is 4.22. The number of anilines is 1. The molecule has 4 aromatic rings. The van der Waals surface area contributed by atoms with Crippen molar-refractivity contribution in [3.63, 3.8) is 0 Å². The molecular weight excluding hydrogens is 445 g/mol. The predicted molar refractivity (Wildman–Crippen MR) is 119 cm³/mol. The number of hydrogen-bond donors (Lipinski definition) is 1. The molecule has 1 aromatic carbocycles. The summed E-state index contributed by atoms with van der Waals surface area (Å²) in [6.45, 7) is -1.05. The van der Waals surface area contributed by atoms with Gasteiger partial charge in [0.15, 0.2) is 11.6 Å². The molecule has 4 heterocycles. The number of nitrogens with zero attached hydrogens (tertiary/aromatic N) is 5. The number of halogens is 3. The number of alkyl halides is 2. The van der Waals surface area contributed by atoms with E-state index in [9.17, 15) is 13.2 Å². The number of benzene rings is 1. The van der Waals surface area contributed by atoms with Gasteiger partial charge in [-0.25, -0.2) is 14.1 Å². The van der Waals surface area contributed by atoms with Gasteiger partial charge in [-0.1, -0.05) is 0 Å². The SMILES string of the molecule is C[C@H]1Oc2cc(cnc2N)-c2c3c(nn2C(F)F)CCC3c2cn(C)nc2-c2ccc(F)cc21. The first-order valence-electron chi connectivity index (χ1n) is 11.0. The third-order valence-electron chi connectivity index (χ3n) is 6.62. The van der Waals surface area contributed by atoms with E-state index >= 15 is 0 Å². The zero-order chi connectivity index (χ0) is 23.7. The molecule has 2 aliphatic rings. The van der Waals surface area contributed by atoms with Gasteiger partial charge in [-0.2, -0.15) is 19.0 Å². The third kappa shape index (κ3) is 3.01. The topological polar surface area (TPSA) is 83.8 Å². The zero-order valence-corrected chi connectivity index (χ0v) is 18.5. The van der Waals surface area contributed by atoms with Gasteiger partial charge < -0.3 is 10.5 Å². The Bertz CT molecular complexity index is 1440. The summed E-state index contributed by atoms with van der Waals surface area (Å²) in [6, 6.07) is 6.10. The minimum absolute atomic E-state index is 0.112. The summed E-state index contributed by atoms with van der Waals surface area (Å²) in [5.74, 6) is -0.272. The predicted octanol–water partition coefficient (Wildman–Crippen LogP) is 4.99. The molecule has 1 aliphatic heterocycles. The van der Waals surface area contributed by atoms with E-state index in [0.29, 0.717) is 46.6 Å². The number of nitrogen functional groups attached to an aromatic ring is 1. The summed E-state index contributed by atoms with van der Waals surface area (Å²) < 4.78 is 51.1. The second-order valence-corrected chi connectivity index (χ2v) is 8.73. The molecule has 3 aromatic heterocycles. The fourth-order valence-electron chi connectivity index (χ4n) is 5.20. The van der Waals surface area contributed by atoms with Crippen LogP contribution in [0.15, 0.2) is 36.7 Å². The number of ether oxygens (including phenoxy) is 1. The van der Waals surface area contributed by atoms with Crippen molar-refractivity contribution in [2.75, 3.05) is 5.73 Å². The molecule has 0 spiro atoms. The van der Waals surface area contributed by atoms with Crippen LogP contribution in [0, 0.1) is 5.82 Å². The average Bonchev–Trinajstić information content (AvgIpc) is 3.47. The number of rotatable bonds is 1. The summed E-state index contributed by atoms with van der Waals surface area (Å²) in [5.41, 5.74) is 11.0. The Hall–Kier alpha value is -3.82. The minimum Gasteiger partial charge on any atom is -0.482 e. The van der Waals surface area contributed by atoms with Crippen molar-refractivity contribution in [3.05, 3.63) is 64.9 Å². The molecule has 174 valence electrons. The smallest absolute Gasteiger partial charge is 0.333 e. The van der Waals surface area contributed by atoms with E-state index in [1.54, 1.807) is 30.8 Å². The standard InChI is InChI=1S/C24H21F3N6O/c1-11-16-8-13(25)3-4-15(16)21-17(10-32(2)31-21)14-5-6-18-20(14)22(33(30-18)24(26)27)12-7-19(34-11)23(28)29-9-12/h3-4,7-11,14,24H,5-6H2,1-2H3,(H2,28,29)/t11-,14?/m1/s1. The molecule has 2 N–H and O–H groups in total. The Balaban J connectivity index is 1.71. The lowest BCUT2D eigenvalue weighted by atomic mass is 9.88. The molecular formula is C24H21F3N6O. The maximum atomic E-state index is 14.3. The second-order valence-electron chi connectivity index (χ2n) is 8.73. The maximum Gasteiger partial charge on any atom is 0.333 e. The summed E-state index contributed by atoms with van der Waals surface area (Å²) in [7, 11) is 1.81. The number of fused-ring (bicyclic) bond motifs is 7. The van der Waals surface area contributed by atoms with Gasteiger partial charge in [0, 0.05) is 53.2 Å². The Labute approximate surface area is 193 Å². The summed E-state index contributed by atoms with van der Waals surface area (Å²) in [5, 5.41) is 8.95. The van der Waals surface area contributed by atoms with Crippen LogP contribution in [0.4, 0.5) is 19.0 Å². The Morgan fingerprint density at radius 3 is 2.79 bits per heavy atom. The molecule has 0 fully saturated rings. The van der Waals surface area contributed by atoms with Crippen LogP contribution in [-0.2, 0) is 13.5 Å². The average molecular weight is 466 g/mol. The van der Waals surface area contributed by atoms with Gasteiger partial charge in [-0.15, -0.1) is 0 Å². The van der Waals surface area contributed by atoms with Gasteiger partial charge in [-0.3, -0.25) is 4.68 Å². The lowest BCUT2D eigenvalue weighted by Crippen LogP contribution is -2.11. The summed E-state index contributed by atoms with van der Waals surface area (Å²) >= 11 is 0. The van der Waals surface area contributed by atoms with Crippen molar-refractivity contribution in [3.8, 4) is 28.3 Å². The number of nitrogens with two attached hydrogens (primary N) is 1. The van der Waals surface area contributed by atoms with Crippen molar-refractivity contribution in [2.45, 2.75) is 38.3 Å². The molecule has 1 unspecified atom stereocenters.